The van der Waals surface area contributed by atoms with Crippen molar-refractivity contribution in [1.82, 2.24) is 4.90 Å². The van der Waals surface area contributed by atoms with Crippen molar-refractivity contribution >= 4 is 26.7 Å². The third-order valence-corrected chi connectivity index (χ3v) is 7.75. The van der Waals surface area contributed by atoms with Crippen molar-refractivity contribution in [2.24, 2.45) is 0 Å². The van der Waals surface area contributed by atoms with Crippen LogP contribution in [0.2, 0.25) is 0 Å². The molecule has 1 aliphatic rings. The van der Waals surface area contributed by atoms with Gasteiger partial charge < -0.3 is 27.7 Å². The van der Waals surface area contributed by atoms with E-state index in [0.717, 1.165) is 6.42 Å². The lowest BCUT2D eigenvalue weighted by molar-refractivity contribution is -0.151. The molecule has 1 atom stereocenters. The summed E-state index contributed by atoms with van der Waals surface area (Å²) in [5.74, 6) is -1.22. The van der Waals surface area contributed by atoms with E-state index in [2.05, 4.69) is 6.58 Å². The first-order chi connectivity index (χ1) is 13.8. The third-order valence-electron chi connectivity index (χ3n) is 4.26. The first-order valence-corrected chi connectivity index (χ1v) is 11.8. The number of amides is 1. The average Bonchev–Trinajstić information content (AvgIpc) is 2.63. The second-order valence-corrected chi connectivity index (χ2v) is 9.17. The summed E-state index contributed by atoms with van der Waals surface area (Å²) in [6.07, 6.45) is 0.717. The highest BCUT2D eigenvalue weighted by molar-refractivity contribution is 6.63. The van der Waals surface area contributed by atoms with Crippen molar-refractivity contribution in [2.75, 3.05) is 39.6 Å². The van der Waals surface area contributed by atoms with Crippen molar-refractivity contribution in [2.45, 2.75) is 52.6 Å². The molecule has 1 fully saturated rings. The van der Waals surface area contributed by atoms with Crippen molar-refractivity contribution in [1.29, 1.82) is 0 Å². The van der Waals surface area contributed by atoms with Crippen LogP contribution in [0.1, 0.15) is 47.0 Å². The van der Waals surface area contributed by atoms with Crippen LogP contribution in [0.25, 0.3) is 0 Å². The van der Waals surface area contributed by atoms with Gasteiger partial charge in [0.1, 0.15) is 18.9 Å². The van der Waals surface area contributed by atoms with Crippen molar-refractivity contribution < 1.29 is 37.1 Å². The molecule has 0 aromatic rings. The summed E-state index contributed by atoms with van der Waals surface area (Å²) in [5.41, 5.74) is 0.0456. The van der Waals surface area contributed by atoms with E-state index in [0.29, 0.717) is 26.4 Å². The number of hydrogen-bond donors (Lipinski definition) is 0. The first-order valence-electron chi connectivity index (χ1n) is 10.0. The quantitative estimate of drug-likeness (QED) is 0.177. The van der Waals surface area contributed by atoms with Gasteiger partial charge in [0.2, 0.25) is 5.91 Å². The number of ether oxygens (including phenoxy) is 2. The summed E-state index contributed by atoms with van der Waals surface area (Å²) >= 11 is 0. The molecule has 1 amide bonds. The Hall–Kier alpha value is -1.75. The highest BCUT2D eigenvalue weighted by atomic mass is 28.4. The smallest absolute Gasteiger partial charge is 0.462 e. The van der Waals surface area contributed by atoms with Crippen LogP contribution in [0.4, 0.5) is 0 Å². The molecule has 0 spiro atoms. The zero-order valence-electron chi connectivity index (χ0n) is 17.9. The van der Waals surface area contributed by atoms with Gasteiger partial charge in [0, 0.05) is 38.4 Å². The molecule has 1 unspecified atom stereocenters. The molecule has 9 nitrogen and oxygen atoms in total. The highest BCUT2D eigenvalue weighted by Crippen LogP contribution is 2.30. The van der Waals surface area contributed by atoms with Gasteiger partial charge in [0.05, 0.1) is 6.42 Å². The zero-order chi connectivity index (χ0) is 21.9. The Labute approximate surface area is 173 Å². The minimum Gasteiger partial charge on any atom is -0.462 e. The van der Waals surface area contributed by atoms with Crippen molar-refractivity contribution in [3.63, 3.8) is 0 Å². The molecule has 0 aromatic carbocycles. The second kappa shape index (κ2) is 12.7. The molecule has 0 saturated carbocycles. The standard InChI is InChI=1S/C19H33NO8Si/c1-6-26-29(27-7-2,28-8-3)17-11-12-20(17)16(21)9-10-18(22)24-13-14-25-19(23)15(4)5/h17H,4,6-14H2,1-3,5H3. The van der Waals surface area contributed by atoms with E-state index in [-0.39, 0.29) is 43.2 Å². The van der Waals surface area contributed by atoms with Gasteiger partial charge in [-0.15, -0.1) is 0 Å². The Kier molecular flexibility index (Phi) is 11.1. The molecular weight excluding hydrogens is 398 g/mol. The van der Waals surface area contributed by atoms with Crippen LogP contribution in [0.15, 0.2) is 12.2 Å². The topological polar surface area (TPSA) is 101 Å². The lowest BCUT2D eigenvalue weighted by Gasteiger charge is -2.47. The molecule has 166 valence electrons. The SMILES string of the molecule is C=C(C)C(=O)OCCOC(=O)CCC(=O)N1CCC1[Si](OCC)(OCC)OCC. The molecule has 29 heavy (non-hydrogen) atoms. The van der Waals surface area contributed by atoms with Gasteiger partial charge in [0.25, 0.3) is 0 Å². The monoisotopic (exact) mass is 431 g/mol. The fourth-order valence-corrected chi connectivity index (χ4v) is 6.08. The van der Waals surface area contributed by atoms with E-state index in [9.17, 15) is 14.4 Å². The summed E-state index contributed by atoms with van der Waals surface area (Å²) in [6.45, 7) is 12.4. The van der Waals surface area contributed by atoms with Crippen molar-refractivity contribution in [3.05, 3.63) is 12.2 Å². The summed E-state index contributed by atoms with van der Waals surface area (Å²) in [5, 5.41) is 0. The van der Waals surface area contributed by atoms with E-state index < -0.39 is 20.7 Å². The Bertz CT molecular complexity index is 566. The van der Waals surface area contributed by atoms with Gasteiger partial charge in [0.15, 0.2) is 0 Å². The predicted molar refractivity (Wildman–Crippen MR) is 107 cm³/mol. The Morgan fingerprint density at radius 2 is 1.52 bits per heavy atom. The van der Waals surface area contributed by atoms with E-state index in [1.54, 1.807) is 4.90 Å². The maximum atomic E-state index is 12.6. The lowest BCUT2D eigenvalue weighted by atomic mass is 10.2. The summed E-state index contributed by atoms with van der Waals surface area (Å²) in [4.78, 5) is 37.3. The molecule has 1 saturated heterocycles. The van der Waals surface area contributed by atoms with Gasteiger partial charge >= 0.3 is 20.7 Å². The average molecular weight is 432 g/mol. The maximum Gasteiger partial charge on any atom is 0.524 e. The number of carbonyl (C=O) groups excluding carboxylic acids is 3. The molecule has 0 aromatic heterocycles. The van der Waals surface area contributed by atoms with Crippen LogP contribution in [-0.2, 0) is 37.1 Å². The summed E-state index contributed by atoms with van der Waals surface area (Å²) in [7, 11) is -3.01. The largest absolute Gasteiger partial charge is 0.524 e. The minimum absolute atomic E-state index is 0.0236. The third kappa shape index (κ3) is 7.54. The zero-order valence-corrected chi connectivity index (χ0v) is 18.9. The van der Waals surface area contributed by atoms with E-state index in [4.69, 9.17) is 22.8 Å². The van der Waals surface area contributed by atoms with Crippen LogP contribution in [0.3, 0.4) is 0 Å². The number of hydrogen-bond acceptors (Lipinski definition) is 8. The van der Waals surface area contributed by atoms with Crippen LogP contribution >= 0.6 is 0 Å². The molecule has 0 aliphatic carbocycles. The van der Waals surface area contributed by atoms with Crippen LogP contribution in [0, 0.1) is 0 Å². The molecule has 1 heterocycles. The van der Waals surface area contributed by atoms with E-state index in [1.165, 1.54) is 6.92 Å². The molecule has 0 N–H and O–H groups in total. The number of nitrogens with zero attached hydrogens (tertiary/aromatic N) is 1. The molecule has 0 bridgehead atoms. The van der Waals surface area contributed by atoms with Gasteiger partial charge in [-0.2, -0.15) is 0 Å². The highest BCUT2D eigenvalue weighted by Gasteiger charge is 2.57. The summed E-state index contributed by atoms with van der Waals surface area (Å²) in [6, 6.07) is 0. The second-order valence-electron chi connectivity index (χ2n) is 6.43. The van der Waals surface area contributed by atoms with Gasteiger partial charge in [-0.3, -0.25) is 9.59 Å². The fourth-order valence-electron chi connectivity index (χ4n) is 2.91. The number of esters is 2. The van der Waals surface area contributed by atoms with Gasteiger partial charge in [-0.25, -0.2) is 4.79 Å². The Morgan fingerprint density at radius 1 is 0.966 bits per heavy atom. The fraction of sp³-hybridized carbons (Fsp3) is 0.737. The maximum absolute atomic E-state index is 12.6. The lowest BCUT2D eigenvalue weighted by Crippen LogP contribution is -2.69. The molecule has 10 heteroatoms. The van der Waals surface area contributed by atoms with Crippen molar-refractivity contribution in [3.8, 4) is 0 Å². The van der Waals surface area contributed by atoms with Gasteiger partial charge in [-0.1, -0.05) is 6.58 Å². The van der Waals surface area contributed by atoms with Crippen LogP contribution < -0.4 is 0 Å². The molecular formula is C19H33NO8Si. The Balaban J connectivity index is 2.47. The van der Waals surface area contributed by atoms with E-state index >= 15 is 0 Å². The molecule has 1 rings (SSSR count). The number of rotatable bonds is 14. The predicted octanol–water partition coefficient (Wildman–Crippen LogP) is 1.62. The molecule has 1 aliphatic heterocycles. The van der Waals surface area contributed by atoms with Crippen LogP contribution in [0.5, 0.6) is 0 Å². The number of likely N-dealkylation sites (tertiary alicyclic amines) is 1. The van der Waals surface area contributed by atoms with Gasteiger partial charge in [-0.05, 0) is 34.1 Å². The normalized spacial score (nSPS) is 16.1. The first kappa shape index (κ1) is 25.3. The van der Waals surface area contributed by atoms with Crippen LogP contribution in [-0.4, -0.2) is 76.8 Å². The van der Waals surface area contributed by atoms with E-state index in [1.807, 2.05) is 20.8 Å². The Morgan fingerprint density at radius 3 is 1.97 bits per heavy atom. The minimum atomic E-state index is -3.01. The summed E-state index contributed by atoms with van der Waals surface area (Å²) < 4.78 is 27.5. The number of carbonyl (C=O) groups is 3. The molecule has 0 radical (unpaired) electrons.